The van der Waals surface area contributed by atoms with E-state index in [1.807, 2.05) is 17.5 Å². The molecule has 154 valence electrons. The summed E-state index contributed by atoms with van der Waals surface area (Å²) in [6, 6.07) is 12.5. The van der Waals surface area contributed by atoms with Gasteiger partial charge < -0.3 is 4.74 Å². The second-order valence-electron chi connectivity index (χ2n) is 7.42. The van der Waals surface area contributed by atoms with Crippen LogP contribution in [0.1, 0.15) is 22.5 Å². The second-order valence-corrected chi connectivity index (χ2v) is 8.28. The Hall–Kier alpha value is -2.83. The van der Waals surface area contributed by atoms with Crippen LogP contribution in [0.3, 0.4) is 0 Å². The van der Waals surface area contributed by atoms with Crippen molar-refractivity contribution in [3.05, 3.63) is 86.5 Å². The van der Waals surface area contributed by atoms with Gasteiger partial charge in [0, 0.05) is 24.5 Å². The predicted octanol–water partition coefficient (Wildman–Crippen LogP) is 5.12. The third-order valence-corrected chi connectivity index (χ3v) is 6.22. The summed E-state index contributed by atoms with van der Waals surface area (Å²) in [5, 5.41) is 2.61. The van der Waals surface area contributed by atoms with E-state index in [2.05, 4.69) is 26.0 Å². The molecular formula is C24H23FN2O2S. The monoisotopic (exact) mass is 422 g/mol. The van der Waals surface area contributed by atoms with Gasteiger partial charge in [0.05, 0.1) is 18.5 Å². The van der Waals surface area contributed by atoms with E-state index >= 15 is 0 Å². The molecule has 4 aromatic rings. The van der Waals surface area contributed by atoms with Crippen molar-refractivity contribution in [1.29, 1.82) is 0 Å². The summed E-state index contributed by atoms with van der Waals surface area (Å²) in [5.41, 5.74) is 4.90. The van der Waals surface area contributed by atoms with Gasteiger partial charge in [0.1, 0.15) is 16.5 Å². The Kier molecular flexibility index (Phi) is 5.79. The van der Waals surface area contributed by atoms with Crippen molar-refractivity contribution in [2.75, 3.05) is 13.7 Å². The predicted molar refractivity (Wildman–Crippen MR) is 120 cm³/mol. The highest BCUT2D eigenvalue weighted by Crippen LogP contribution is 2.32. The van der Waals surface area contributed by atoms with Gasteiger partial charge in [-0.1, -0.05) is 30.3 Å². The maximum absolute atomic E-state index is 13.7. The van der Waals surface area contributed by atoms with Gasteiger partial charge in [0.25, 0.3) is 5.56 Å². The third kappa shape index (κ3) is 3.93. The molecule has 0 spiro atoms. The summed E-state index contributed by atoms with van der Waals surface area (Å²) >= 11 is 1.47. The van der Waals surface area contributed by atoms with Crippen LogP contribution in [0.25, 0.3) is 21.3 Å². The summed E-state index contributed by atoms with van der Waals surface area (Å²) in [7, 11) is 1.62. The van der Waals surface area contributed by atoms with Gasteiger partial charge in [-0.15, -0.1) is 11.3 Å². The zero-order valence-electron chi connectivity index (χ0n) is 17.2. The molecule has 4 rings (SSSR count). The molecule has 0 amide bonds. The molecule has 0 saturated carbocycles. The van der Waals surface area contributed by atoms with Crippen molar-refractivity contribution >= 4 is 21.6 Å². The summed E-state index contributed by atoms with van der Waals surface area (Å²) in [5.74, 6) is 0.325. The van der Waals surface area contributed by atoms with E-state index in [0.717, 1.165) is 21.5 Å². The molecule has 0 radical (unpaired) electrons. The first kappa shape index (κ1) is 20.4. The van der Waals surface area contributed by atoms with E-state index in [1.165, 1.54) is 34.6 Å². The number of rotatable bonds is 6. The fraction of sp³-hybridized carbons (Fsp3) is 0.250. The van der Waals surface area contributed by atoms with Gasteiger partial charge in [-0.3, -0.25) is 9.36 Å². The van der Waals surface area contributed by atoms with Crippen LogP contribution in [-0.2, 0) is 17.7 Å². The average Bonchev–Trinajstić information content (AvgIpc) is 3.15. The molecule has 0 fully saturated rings. The Bertz CT molecular complexity index is 1280. The molecule has 0 unspecified atom stereocenters. The number of nitrogens with zero attached hydrogens (tertiary/aromatic N) is 2. The summed E-state index contributed by atoms with van der Waals surface area (Å²) in [4.78, 5) is 19.1. The number of halogens is 1. The lowest BCUT2D eigenvalue weighted by Crippen LogP contribution is -2.26. The molecule has 0 saturated heterocycles. The number of aryl methyl sites for hydroxylation is 2. The molecule has 4 nitrogen and oxygen atoms in total. The van der Waals surface area contributed by atoms with Crippen molar-refractivity contribution in [1.82, 2.24) is 9.55 Å². The van der Waals surface area contributed by atoms with Crippen molar-refractivity contribution < 1.29 is 9.13 Å². The number of ether oxygens (including phenoxy) is 1. The molecule has 0 aliphatic rings. The van der Waals surface area contributed by atoms with E-state index in [9.17, 15) is 9.18 Å². The Morgan fingerprint density at radius 3 is 2.70 bits per heavy atom. The van der Waals surface area contributed by atoms with Crippen LogP contribution in [0.4, 0.5) is 4.39 Å². The lowest BCUT2D eigenvalue weighted by molar-refractivity contribution is 0.199. The van der Waals surface area contributed by atoms with E-state index in [1.54, 1.807) is 17.7 Å². The van der Waals surface area contributed by atoms with Gasteiger partial charge >= 0.3 is 0 Å². The highest BCUT2D eigenvalue weighted by atomic mass is 32.1. The van der Waals surface area contributed by atoms with Crippen LogP contribution < -0.4 is 5.56 Å². The first-order valence-corrected chi connectivity index (χ1v) is 10.7. The Morgan fingerprint density at radius 2 is 1.97 bits per heavy atom. The SMILES string of the molecule is COCCc1nc2scc(-c3ccc(C)c(C)c3)c2c(=O)n1Cc1cccc(F)c1. The lowest BCUT2D eigenvalue weighted by atomic mass is 10.0. The molecule has 0 aliphatic carbocycles. The second kappa shape index (κ2) is 8.50. The van der Waals surface area contributed by atoms with Crippen molar-refractivity contribution in [3.8, 4) is 11.1 Å². The molecule has 2 heterocycles. The van der Waals surface area contributed by atoms with Crippen molar-refractivity contribution in [2.24, 2.45) is 0 Å². The largest absolute Gasteiger partial charge is 0.384 e. The van der Waals surface area contributed by atoms with E-state index in [0.29, 0.717) is 24.2 Å². The van der Waals surface area contributed by atoms with E-state index in [-0.39, 0.29) is 17.9 Å². The van der Waals surface area contributed by atoms with Crippen molar-refractivity contribution in [3.63, 3.8) is 0 Å². The van der Waals surface area contributed by atoms with Crippen LogP contribution in [-0.4, -0.2) is 23.3 Å². The van der Waals surface area contributed by atoms with Crippen LogP contribution in [0.15, 0.2) is 52.6 Å². The van der Waals surface area contributed by atoms with Crippen LogP contribution in [0, 0.1) is 19.7 Å². The smallest absolute Gasteiger partial charge is 0.263 e. The minimum atomic E-state index is -0.320. The van der Waals surface area contributed by atoms with Gasteiger partial charge in [0.2, 0.25) is 0 Å². The molecule has 0 aliphatic heterocycles. The molecule has 0 atom stereocenters. The summed E-state index contributed by atoms with van der Waals surface area (Å²) in [6.45, 7) is 4.86. The number of fused-ring (bicyclic) bond motifs is 1. The van der Waals surface area contributed by atoms with Gasteiger partial charge in [-0.05, 0) is 48.2 Å². The Labute approximate surface area is 178 Å². The minimum Gasteiger partial charge on any atom is -0.384 e. The molecule has 30 heavy (non-hydrogen) atoms. The molecular weight excluding hydrogens is 399 g/mol. The highest BCUT2D eigenvalue weighted by molar-refractivity contribution is 7.17. The van der Waals surface area contributed by atoms with Gasteiger partial charge in [0.15, 0.2) is 0 Å². The van der Waals surface area contributed by atoms with E-state index < -0.39 is 0 Å². The topological polar surface area (TPSA) is 44.1 Å². The number of methoxy groups -OCH3 is 1. The van der Waals surface area contributed by atoms with Crippen LogP contribution in [0.5, 0.6) is 0 Å². The van der Waals surface area contributed by atoms with Gasteiger partial charge in [-0.2, -0.15) is 0 Å². The highest BCUT2D eigenvalue weighted by Gasteiger charge is 2.18. The lowest BCUT2D eigenvalue weighted by Gasteiger charge is -2.13. The van der Waals surface area contributed by atoms with Crippen LogP contribution >= 0.6 is 11.3 Å². The molecule has 0 bridgehead atoms. The Morgan fingerprint density at radius 1 is 1.13 bits per heavy atom. The first-order valence-electron chi connectivity index (χ1n) is 9.80. The molecule has 0 N–H and O–H groups in total. The first-order chi connectivity index (χ1) is 14.5. The molecule has 2 aromatic carbocycles. The zero-order chi connectivity index (χ0) is 21.3. The number of benzene rings is 2. The zero-order valence-corrected chi connectivity index (χ0v) is 18.1. The molecule has 6 heteroatoms. The normalized spacial score (nSPS) is 11.3. The van der Waals surface area contributed by atoms with Crippen molar-refractivity contribution in [2.45, 2.75) is 26.8 Å². The minimum absolute atomic E-state index is 0.107. The molecule has 2 aromatic heterocycles. The average molecular weight is 423 g/mol. The number of hydrogen-bond acceptors (Lipinski definition) is 4. The standard InChI is InChI=1S/C24H23FN2O2S/c1-15-7-8-18(11-16(15)2)20-14-30-23-22(20)24(28)27(21(26-23)9-10-29-3)13-17-5-4-6-19(25)12-17/h4-8,11-12,14H,9-10,13H2,1-3H3. The van der Waals surface area contributed by atoms with E-state index in [4.69, 9.17) is 9.72 Å². The quantitative estimate of drug-likeness (QED) is 0.433. The number of thiophene rings is 1. The number of hydrogen-bond donors (Lipinski definition) is 0. The third-order valence-electron chi connectivity index (χ3n) is 5.35. The Balaban J connectivity index is 1.90. The fourth-order valence-corrected chi connectivity index (χ4v) is 4.51. The summed E-state index contributed by atoms with van der Waals surface area (Å²) < 4.78 is 20.6. The van der Waals surface area contributed by atoms with Crippen LogP contribution in [0.2, 0.25) is 0 Å². The summed E-state index contributed by atoms with van der Waals surface area (Å²) in [6.07, 6.45) is 0.508. The fourth-order valence-electron chi connectivity index (χ4n) is 3.55. The number of aromatic nitrogens is 2. The maximum atomic E-state index is 13.7. The maximum Gasteiger partial charge on any atom is 0.263 e. The van der Waals surface area contributed by atoms with Gasteiger partial charge in [-0.25, -0.2) is 9.37 Å².